The van der Waals surface area contributed by atoms with E-state index in [1.54, 1.807) is 6.20 Å². The molecule has 6 heteroatoms. The van der Waals surface area contributed by atoms with Crippen molar-refractivity contribution in [1.82, 2.24) is 14.9 Å². The third-order valence-electron chi connectivity index (χ3n) is 3.31. The lowest BCUT2D eigenvalue weighted by Crippen LogP contribution is -2.32. The highest BCUT2D eigenvalue weighted by Crippen LogP contribution is 2.22. The maximum atomic E-state index is 8.68. The van der Waals surface area contributed by atoms with E-state index in [1.165, 1.54) is 0 Å². The fraction of sp³-hybridized carbons (Fsp3) is 0.692. The molecule has 1 heterocycles. The molecule has 0 unspecified atom stereocenters. The van der Waals surface area contributed by atoms with Crippen LogP contribution in [0, 0.1) is 5.41 Å². The highest BCUT2D eigenvalue weighted by molar-refractivity contribution is 5.85. The van der Waals surface area contributed by atoms with Crippen molar-refractivity contribution in [3.8, 4) is 0 Å². The van der Waals surface area contributed by atoms with Gasteiger partial charge in [0.25, 0.3) is 0 Å². The Kier molecular flexibility index (Phi) is 6.35. The van der Waals surface area contributed by atoms with Gasteiger partial charge in [-0.3, -0.25) is 0 Å². The number of oxime groups is 1. The SMILES string of the molecule is CC(C)(CCCCNCCn1ccnc1)/C(N)=N/O. The molecule has 0 amide bonds. The molecule has 0 aromatic carbocycles. The van der Waals surface area contributed by atoms with E-state index in [1.807, 2.05) is 26.4 Å². The van der Waals surface area contributed by atoms with E-state index in [9.17, 15) is 0 Å². The molecule has 4 N–H and O–H groups in total. The lowest BCUT2D eigenvalue weighted by Gasteiger charge is -2.22. The maximum Gasteiger partial charge on any atom is 0.144 e. The molecule has 0 spiro atoms. The predicted molar refractivity (Wildman–Crippen MR) is 76.1 cm³/mol. The van der Waals surface area contributed by atoms with Crippen molar-refractivity contribution in [2.45, 2.75) is 39.7 Å². The summed E-state index contributed by atoms with van der Waals surface area (Å²) in [7, 11) is 0. The quantitative estimate of drug-likeness (QED) is 0.207. The Labute approximate surface area is 114 Å². The van der Waals surface area contributed by atoms with Crippen molar-refractivity contribution in [2.24, 2.45) is 16.3 Å². The molecule has 6 nitrogen and oxygen atoms in total. The molecule has 1 aromatic rings. The molecule has 0 fully saturated rings. The Hall–Kier alpha value is -1.56. The van der Waals surface area contributed by atoms with E-state index in [-0.39, 0.29) is 5.41 Å². The smallest absolute Gasteiger partial charge is 0.144 e. The zero-order valence-electron chi connectivity index (χ0n) is 11.8. The largest absolute Gasteiger partial charge is 0.409 e. The van der Waals surface area contributed by atoms with Crippen LogP contribution in [0.25, 0.3) is 0 Å². The van der Waals surface area contributed by atoms with Crippen LogP contribution in [0.15, 0.2) is 23.9 Å². The summed E-state index contributed by atoms with van der Waals surface area (Å²) >= 11 is 0. The monoisotopic (exact) mass is 267 g/mol. The third-order valence-corrected chi connectivity index (χ3v) is 3.31. The topological polar surface area (TPSA) is 88.5 Å². The van der Waals surface area contributed by atoms with E-state index in [2.05, 4.69) is 20.0 Å². The van der Waals surface area contributed by atoms with Gasteiger partial charge in [0.1, 0.15) is 5.84 Å². The third kappa shape index (κ3) is 5.74. The van der Waals surface area contributed by atoms with Gasteiger partial charge in [-0.25, -0.2) is 4.98 Å². The second-order valence-corrected chi connectivity index (χ2v) is 5.38. The van der Waals surface area contributed by atoms with E-state index < -0.39 is 0 Å². The molecule has 19 heavy (non-hydrogen) atoms. The molecule has 0 saturated heterocycles. The van der Waals surface area contributed by atoms with Gasteiger partial charge in [0, 0.05) is 30.9 Å². The summed E-state index contributed by atoms with van der Waals surface area (Å²) in [6, 6.07) is 0. The Morgan fingerprint density at radius 1 is 1.42 bits per heavy atom. The van der Waals surface area contributed by atoms with E-state index >= 15 is 0 Å². The first-order chi connectivity index (χ1) is 9.06. The number of nitrogens with zero attached hydrogens (tertiary/aromatic N) is 3. The Balaban J connectivity index is 2.02. The molecular weight excluding hydrogens is 242 g/mol. The van der Waals surface area contributed by atoms with Crippen LogP contribution >= 0.6 is 0 Å². The minimum Gasteiger partial charge on any atom is -0.409 e. The summed E-state index contributed by atoms with van der Waals surface area (Å²) in [5, 5.41) is 15.2. The average molecular weight is 267 g/mol. The van der Waals surface area contributed by atoms with Gasteiger partial charge in [0.2, 0.25) is 0 Å². The van der Waals surface area contributed by atoms with Crippen molar-refractivity contribution in [3.05, 3.63) is 18.7 Å². The van der Waals surface area contributed by atoms with Crippen LogP contribution in [0.4, 0.5) is 0 Å². The Morgan fingerprint density at radius 3 is 2.84 bits per heavy atom. The number of aromatic nitrogens is 2. The number of rotatable bonds is 9. The van der Waals surface area contributed by atoms with Gasteiger partial charge in [0.05, 0.1) is 6.33 Å². The number of nitrogens with two attached hydrogens (primary N) is 1. The summed E-state index contributed by atoms with van der Waals surface area (Å²) in [6.45, 7) is 6.86. The van der Waals surface area contributed by atoms with Gasteiger partial charge in [-0.05, 0) is 19.4 Å². The second-order valence-electron chi connectivity index (χ2n) is 5.38. The molecule has 0 bridgehead atoms. The maximum absolute atomic E-state index is 8.68. The number of amidine groups is 1. The molecule has 1 rings (SSSR count). The standard InChI is InChI=1S/C13H25N5O/c1-13(2,12(14)17-19)5-3-4-6-15-7-9-18-10-8-16-11-18/h8,10-11,15,19H,3-7,9H2,1-2H3,(H2,14,17). The van der Waals surface area contributed by atoms with Crippen LogP contribution < -0.4 is 11.1 Å². The lowest BCUT2D eigenvalue weighted by molar-refractivity contribution is 0.304. The van der Waals surface area contributed by atoms with Crippen LogP contribution in [0.1, 0.15) is 33.1 Å². The van der Waals surface area contributed by atoms with Gasteiger partial charge in [-0.15, -0.1) is 0 Å². The summed E-state index contributed by atoms with van der Waals surface area (Å²) in [4.78, 5) is 3.99. The van der Waals surface area contributed by atoms with Gasteiger partial charge >= 0.3 is 0 Å². The Morgan fingerprint density at radius 2 is 2.21 bits per heavy atom. The Bertz CT molecular complexity index is 372. The van der Waals surface area contributed by atoms with Crippen molar-refractivity contribution in [2.75, 3.05) is 13.1 Å². The molecule has 0 radical (unpaired) electrons. The minimum atomic E-state index is -0.231. The van der Waals surface area contributed by atoms with Gasteiger partial charge < -0.3 is 20.8 Å². The van der Waals surface area contributed by atoms with Crippen molar-refractivity contribution in [3.63, 3.8) is 0 Å². The molecule has 108 valence electrons. The fourth-order valence-corrected chi connectivity index (χ4v) is 1.83. The minimum absolute atomic E-state index is 0.231. The van der Waals surface area contributed by atoms with Crippen LogP contribution in [0.3, 0.4) is 0 Å². The van der Waals surface area contributed by atoms with Crippen molar-refractivity contribution in [1.29, 1.82) is 0 Å². The van der Waals surface area contributed by atoms with Crippen molar-refractivity contribution >= 4 is 5.84 Å². The highest BCUT2D eigenvalue weighted by atomic mass is 16.4. The number of nitrogens with one attached hydrogen (secondary N) is 1. The fourth-order valence-electron chi connectivity index (χ4n) is 1.83. The number of hydrogen-bond donors (Lipinski definition) is 3. The first-order valence-corrected chi connectivity index (χ1v) is 6.71. The first kappa shape index (κ1) is 15.5. The van der Waals surface area contributed by atoms with Crippen LogP contribution in [-0.4, -0.2) is 33.7 Å². The van der Waals surface area contributed by atoms with Gasteiger partial charge in [0.15, 0.2) is 0 Å². The lowest BCUT2D eigenvalue weighted by atomic mass is 9.86. The van der Waals surface area contributed by atoms with E-state index in [0.717, 1.165) is 38.9 Å². The molecule has 0 aliphatic carbocycles. The molecule has 0 aliphatic heterocycles. The number of imidazole rings is 1. The van der Waals surface area contributed by atoms with E-state index in [4.69, 9.17) is 10.9 Å². The highest BCUT2D eigenvalue weighted by Gasteiger charge is 2.22. The van der Waals surface area contributed by atoms with Crippen LogP contribution in [0.2, 0.25) is 0 Å². The van der Waals surface area contributed by atoms with Gasteiger partial charge in [-0.1, -0.05) is 25.4 Å². The summed E-state index contributed by atoms with van der Waals surface area (Å²) in [5.41, 5.74) is 5.41. The predicted octanol–water partition coefficient (Wildman–Crippen LogP) is 1.42. The zero-order chi connectivity index (χ0) is 14.1. The molecular formula is C13H25N5O. The van der Waals surface area contributed by atoms with Crippen molar-refractivity contribution < 1.29 is 5.21 Å². The summed E-state index contributed by atoms with van der Waals surface area (Å²) < 4.78 is 2.05. The second kappa shape index (κ2) is 7.78. The molecule has 1 aromatic heterocycles. The van der Waals surface area contributed by atoms with Crippen LogP contribution in [-0.2, 0) is 6.54 Å². The molecule has 0 saturated carbocycles. The number of unbranched alkanes of at least 4 members (excludes halogenated alkanes) is 1. The first-order valence-electron chi connectivity index (χ1n) is 6.71. The number of hydrogen-bond acceptors (Lipinski definition) is 4. The summed E-state index contributed by atoms with van der Waals surface area (Å²) in [5.74, 6) is 0.306. The van der Waals surface area contributed by atoms with E-state index in [0.29, 0.717) is 5.84 Å². The molecule has 0 aliphatic rings. The normalized spacial score (nSPS) is 12.8. The van der Waals surface area contributed by atoms with Crippen LogP contribution in [0.5, 0.6) is 0 Å². The van der Waals surface area contributed by atoms with Gasteiger partial charge in [-0.2, -0.15) is 0 Å². The zero-order valence-corrected chi connectivity index (χ0v) is 11.8. The average Bonchev–Trinajstić information content (AvgIpc) is 2.89. The molecule has 0 atom stereocenters. The summed E-state index contributed by atoms with van der Waals surface area (Å²) in [6.07, 6.45) is 8.64.